The third kappa shape index (κ3) is 5.79. The minimum Gasteiger partial charge on any atom is -0.469 e. The fourth-order valence-electron chi connectivity index (χ4n) is 1.44. The van der Waals surface area contributed by atoms with Crippen LogP contribution in [0.5, 0.6) is 0 Å². The Morgan fingerprint density at radius 3 is 2.33 bits per heavy atom. The zero-order chi connectivity index (χ0) is 14.3. The van der Waals surface area contributed by atoms with E-state index < -0.39 is 16.2 Å². The van der Waals surface area contributed by atoms with Crippen molar-refractivity contribution in [2.24, 2.45) is 5.92 Å². The Labute approximate surface area is 110 Å². The summed E-state index contributed by atoms with van der Waals surface area (Å²) in [6, 6.07) is -0.101. The van der Waals surface area contributed by atoms with Gasteiger partial charge in [0.2, 0.25) is 0 Å². The van der Waals surface area contributed by atoms with Gasteiger partial charge in [0, 0.05) is 19.6 Å². The number of rotatable bonds is 8. The van der Waals surface area contributed by atoms with Crippen molar-refractivity contribution < 1.29 is 17.9 Å². The van der Waals surface area contributed by atoms with Gasteiger partial charge < -0.3 is 4.74 Å². The number of methoxy groups -OCH3 is 1. The first-order valence-corrected chi connectivity index (χ1v) is 7.49. The van der Waals surface area contributed by atoms with Crippen LogP contribution in [0.15, 0.2) is 0 Å². The van der Waals surface area contributed by atoms with Gasteiger partial charge in [0.25, 0.3) is 10.2 Å². The molecule has 0 aromatic rings. The molecule has 0 radical (unpaired) electrons. The van der Waals surface area contributed by atoms with E-state index in [1.165, 1.54) is 14.2 Å². The maximum absolute atomic E-state index is 12.0. The zero-order valence-electron chi connectivity index (χ0n) is 11.8. The molecule has 0 aromatic carbocycles. The van der Waals surface area contributed by atoms with Crippen molar-refractivity contribution in [3.8, 4) is 0 Å². The van der Waals surface area contributed by atoms with Gasteiger partial charge >= 0.3 is 5.97 Å². The molecule has 0 bridgehead atoms. The van der Waals surface area contributed by atoms with Crippen LogP contribution < -0.4 is 4.72 Å². The molecular weight excluding hydrogens is 256 g/mol. The highest BCUT2D eigenvalue weighted by molar-refractivity contribution is 7.87. The predicted octanol–water partition coefficient (Wildman–Crippen LogP) is 0.750. The Morgan fingerprint density at radius 1 is 1.39 bits per heavy atom. The Morgan fingerprint density at radius 2 is 1.94 bits per heavy atom. The number of hydrogen-bond acceptors (Lipinski definition) is 4. The number of hydrogen-bond donors (Lipinski definition) is 1. The molecule has 0 saturated heterocycles. The van der Waals surface area contributed by atoms with Crippen LogP contribution in [0.4, 0.5) is 0 Å². The molecule has 0 heterocycles. The van der Waals surface area contributed by atoms with Crippen molar-refractivity contribution in [1.29, 1.82) is 0 Å². The van der Waals surface area contributed by atoms with Crippen LogP contribution in [0.1, 0.15) is 33.6 Å². The van der Waals surface area contributed by atoms with Gasteiger partial charge in [0.05, 0.1) is 13.5 Å². The summed E-state index contributed by atoms with van der Waals surface area (Å²) in [5.74, 6) is -0.202. The van der Waals surface area contributed by atoms with Crippen molar-refractivity contribution in [3.63, 3.8) is 0 Å². The first kappa shape index (κ1) is 17.3. The topological polar surface area (TPSA) is 75.7 Å². The van der Waals surface area contributed by atoms with Gasteiger partial charge in [-0.05, 0) is 12.3 Å². The van der Waals surface area contributed by atoms with Gasteiger partial charge in [-0.1, -0.05) is 20.8 Å². The Balaban J connectivity index is 4.48. The van der Waals surface area contributed by atoms with Crippen LogP contribution in [0.25, 0.3) is 0 Å². The molecule has 0 fully saturated rings. The fraction of sp³-hybridized carbons (Fsp3) is 0.909. The van der Waals surface area contributed by atoms with Gasteiger partial charge in [-0.15, -0.1) is 0 Å². The maximum Gasteiger partial charge on any atom is 0.306 e. The van der Waals surface area contributed by atoms with Gasteiger partial charge in [-0.25, -0.2) is 0 Å². The van der Waals surface area contributed by atoms with Crippen LogP contribution in [0.2, 0.25) is 0 Å². The second-order valence-corrected chi connectivity index (χ2v) is 6.34. The molecule has 0 rings (SSSR count). The summed E-state index contributed by atoms with van der Waals surface area (Å²) in [7, 11) is -0.823. The quantitative estimate of drug-likeness (QED) is 0.666. The fourth-order valence-corrected chi connectivity index (χ4v) is 2.78. The SMILES string of the molecule is CCC(NS(=O)(=O)N(C)CCC(=O)OC)C(C)C. The van der Waals surface area contributed by atoms with Crippen LogP contribution in [-0.2, 0) is 19.7 Å². The number of carbonyl (C=O) groups excluding carboxylic acids is 1. The van der Waals surface area contributed by atoms with E-state index in [2.05, 4.69) is 9.46 Å². The van der Waals surface area contributed by atoms with E-state index in [0.717, 1.165) is 10.7 Å². The smallest absolute Gasteiger partial charge is 0.306 e. The molecule has 7 heteroatoms. The molecule has 0 aliphatic rings. The van der Waals surface area contributed by atoms with E-state index in [1.807, 2.05) is 20.8 Å². The maximum atomic E-state index is 12.0. The molecule has 0 aliphatic heterocycles. The summed E-state index contributed by atoms with van der Waals surface area (Å²) < 4.78 is 32.2. The van der Waals surface area contributed by atoms with Gasteiger partial charge in [0.15, 0.2) is 0 Å². The molecule has 18 heavy (non-hydrogen) atoms. The second-order valence-electron chi connectivity index (χ2n) is 4.53. The predicted molar refractivity (Wildman–Crippen MR) is 70.2 cm³/mol. The summed E-state index contributed by atoms with van der Waals surface area (Å²) in [5.41, 5.74) is 0. The van der Waals surface area contributed by atoms with Crippen LogP contribution in [-0.4, -0.2) is 45.4 Å². The Bertz CT molecular complexity index is 354. The highest BCUT2D eigenvalue weighted by Gasteiger charge is 2.23. The number of nitrogens with one attached hydrogen (secondary N) is 1. The molecule has 0 aliphatic carbocycles. The molecule has 1 atom stereocenters. The van der Waals surface area contributed by atoms with Crippen LogP contribution in [0.3, 0.4) is 0 Å². The number of esters is 1. The van der Waals surface area contributed by atoms with E-state index >= 15 is 0 Å². The van der Waals surface area contributed by atoms with Crippen molar-refractivity contribution >= 4 is 16.2 Å². The highest BCUT2D eigenvalue weighted by Crippen LogP contribution is 2.08. The molecule has 1 N–H and O–H groups in total. The van der Waals surface area contributed by atoms with E-state index in [-0.39, 0.29) is 24.9 Å². The normalized spacial score (nSPS) is 13.9. The lowest BCUT2D eigenvalue weighted by Crippen LogP contribution is -2.46. The average molecular weight is 280 g/mol. The minimum atomic E-state index is -3.54. The molecule has 108 valence electrons. The summed E-state index contributed by atoms with van der Waals surface area (Å²) in [4.78, 5) is 11.0. The van der Waals surface area contributed by atoms with E-state index in [0.29, 0.717) is 0 Å². The summed E-state index contributed by atoms with van der Waals surface area (Å²) in [5, 5.41) is 0. The van der Waals surface area contributed by atoms with E-state index in [4.69, 9.17) is 0 Å². The molecule has 0 spiro atoms. The molecule has 1 unspecified atom stereocenters. The van der Waals surface area contributed by atoms with E-state index in [1.54, 1.807) is 0 Å². The van der Waals surface area contributed by atoms with Crippen molar-refractivity contribution in [3.05, 3.63) is 0 Å². The zero-order valence-corrected chi connectivity index (χ0v) is 12.6. The van der Waals surface area contributed by atoms with Crippen LogP contribution >= 0.6 is 0 Å². The van der Waals surface area contributed by atoms with Gasteiger partial charge in [-0.2, -0.15) is 17.4 Å². The lowest BCUT2D eigenvalue weighted by atomic mass is 10.0. The molecule has 0 aromatic heterocycles. The lowest BCUT2D eigenvalue weighted by Gasteiger charge is -2.24. The van der Waals surface area contributed by atoms with E-state index in [9.17, 15) is 13.2 Å². The summed E-state index contributed by atoms with van der Waals surface area (Å²) >= 11 is 0. The molecule has 6 nitrogen and oxygen atoms in total. The molecule has 0 amide bonds. The van der Waals surface area contributed by atoms with Gasteiger partial charge in [-0.3, -0.25) is 4.79 Å². The lowest BCUT2D eigenvalue weighted by molar-refractivity contribution is -0.140. The molecule has 0 saturated carbocycles. The summed E-state index contributed by atoms with van der Waals surface area (Å²) in [6.45, 7) is 5.97. The monoisotopic (exact) mass is 280 g/mol. The van der Waals surface area contributed by atoms with Crippen molar-refractivity contribution in [2.45, 2.75) is 39.7 Å². The van der Waals surface area contributed by atoms with Gasteiger partial charge in [0.1, 0.15) is 0 Å². The van der Waals surface area contributed by atoms with Crippen molar-refractivity contribution in [2.75, 3.05) is 20.7 Å². The van der Waals surface area contributed by atoms with Crippen LogP contribution in [0, 0.1) is 5.92 Å². The first-order valence-electron chi connectivity index (χ1n) is 6.05. The van der Waals surface area contributed by atoms with Crippen molar-refractivity contribution in [1.82, 2.24) is 9.03 Å². The third-order valence-corrected chi connectivity index (χ3v) is 4.42. The second kappa shape index (κ2) is 7.70. The first-order chi connectivity index (χ1) is 8.24. The number of ether oxygens (including phenoxy) is 1. The Hall–Kier alpha value is -0.660. The molecular formula is C11H24N2O4S. The third-order valence-electron chi connectivity index (χ3n) is 2.81. The standard InChI is InChI=1S/C11H24N2O4S/c1-6-10(9(2)3)12-18(15,16)13(4)8-7-11(14)17-5/h9-10,12H,6-8H2,1-5H3. The minimum absolute atomic E-state index is 0.0480. The largest absolute Gasteiger partial charge is 0.469 e. The summed E-state index contributed by atoms with van der Waals surface area (Å²) in [6.07, 6.45) is 0.772. The number of carbonyl (C=O) groups is 1. The average Bonchev–Trinajstić information content (AvgIpc) is 2.31. The Kier molecular flexibility index (Phi) is 7.42. The number of nitrogens with zero attached hydrogens (tertiary/aromatic N) is 1. The highest BCUT2D eigenvalue weighted by atomic mass is 32.2.